The zero-order valence-corrected chi connectivity index (χ0v) is 18.0. The Hall–Kier alpha value is -2.53. The van der Waals surface area contributed by atoms with Crippen molar-refractivity contribution in [1.82, 2.24) is 4.90 Å². The summed E-state index contributed by atoms with van der Waals surface area (Å²) in [6.07, 6.45) is 3.86. The lowest BCUT2D eigenvalue weighted by Crippen LogP contribution is -2.33. The quantitative estimate of drug-likeness (QED) is 0.708. The van der Waals surface area contributed by atoms with Crippen LogP contribution in [0.2, 0.25) is 0 Å². The van der Waals surface area contributed by atoms with Gasteiger partial charge in [0.1, 0.15) is 11.5 Å². The summed E-state index contributed by atoms with van der Waals surface area (Å²) >= 11 is 0. The normalized spacial score (nSPS) is 16.6. The highest BCUT2D eigenvalue weighted by Gasteiger charge is 2.30. The van der Waals surface area contributed by atoms with E-state index in [2.05, 4.69) is 42.3 Å². The molecule has 5 heteroatoms. The molecule has 0 saturated carbocycles. The van der Waals surface area contributed by atoms with Gasteiger partial charge in [0, 0.05) is 17.3 Å². The summed E-state index contributed by atoms with van der Waals surface area (Å²) in [5, 5.41) is 3.19. The van der Waals surface area contributed by atoms with E-state index in [0.717, 1.165) is 55.0 Å². The first-order valence-corrected chi connectivity index (χ1v) is 10.5. The third kappa shape index (κ3) is 4.73. The van der Waals surface area contributed by atoms with Crippen molar-refractivity contribution in [1.29, 1.82) is 0 Å². The van der Waals surface area contributed by atoms with Crippen molar-refractivity contribution in [2.45, 2.75) is 45.6 Å². The molecule has 0 aliphatic carbocycles. The zero-order valence-electron chi connectivity index (χ0n) is 18.0. The van der Waals surface area contributed by atoms with Gasteiger partial charge >= 0.3 is 0 Å². The number of ether oxygens (including phenoxy) is 2. The molecular weight excluding hydrogens is 364 g/mol. The highest BCUT2D eigenvalue weighted by Crippen LogP contribution is 2.38. The summed E-state index contributed by atoms with van der Waals surface area (Å²) in [4.78, 5) is 15.2. The number of hydrogen-bond donors (Lipinski definition) is 1. The van der Waals surface area contributed by atoms with Gasteiger partial charge in [0.2, 0.25) is 5.91 Å². The van der Waals surface area contributed by atoms with E-state index in [4.69, 9.17) is 9.47 Å². The Bertz CT molecular complexity index is 828. The van der Waals surface area contributed by atoms with Crippen LogP contribution >= 0.6 is 0 Å². The maximum atomic E-state index is 13.0. The zero-order chi connectivity index (χ0) is 20.8. The minimum absolute atomic E-state index is 0.0364. The molecule has 0 radical (unpaired) electrons. The van der Waals surface area contributed by atoms with Crippen molar-refractivity contribution in [3.63, 3.8) is 0 Å². The number of carbonyl (C=O) groups excluding carboxylic acids is 1. The van der Waals surface area contributed by atoms with Crippen LogP contribution in [0.4, 0.5) is 5.69 Å². The third-order valence-electron chi connectivity index (χ3n) is 5.77. The van der Waals surface area contributed by atoms with Crippen LogP contribution in [0.1, 0.15) is 49.4 Å². The number of benzene rings is 2. The van der Waals surface area contributed by atoms with Gasteiger partial charge in [-0.15, -0.1) is 0 Å². The van der Waals surface area contributed by atoms with E-state index in [1.807, 2.05) is 18.2 Å². The molecule has 1 heterocycles. The number of para-hydroxylation sites is 1. The summed E-state index contributed by atoms with van der Waals surface area (Å²) in [6, 6.07) is 12.3. The maximum Gasteiger partial charge on any atom is 0.238 e. The molecule has 156 valence electrons. The van der Waals surface area contributed by atoms with Gasteiger partial charge in [-0.1, -0.05) is 32.0 Å². The molecule has 5 nitrogen and oxygen atoms in total. The number of likely N-dealkylation sites (tertiary alicyclic amines) is 1. The van der Waals surface area contributed by atoms with Crippen molar-refractivity contribution in [2.24, 2.45) is 0 Å². The topological polar surface area (TPSA) is 50.8 Å². The second-order valence-corrected chi connectivity index (χ2v) is 7.44. The van der Waals surface area contributed by atoms with E-state index in [-0.39, 0.29) is 11.9 Å². The smallest absolute Gasteiger partial charge is 0.238 e. The first kappa shape index (κ1) is 21.2. The first-order chi connectivity index (χ1) is 14.1. The number of rotatable bonds is 8. The van der Waals surface area contributed by atoms with Crippen LogP contribution in [0, 0.1) is 0 Å². The van der Waals surface area contributed by atoms with E-state index >= 15 is 0 Å². The molecule has 29 heavy (non-hydrogen) atoms. The van der Waals surface area contributed by atoms with Gasteiger partial charge in [-0.2, -0.15) is 0 Å². The minimum atomic E-state index is 0.0364. The van der Waals surface area contributed by atoms with E-state index < -0.39 is 0 Å². The number of amides is 1. The lowest BCUT2D eigenvalue weighted by atomic mass is 10.0. The number of anilines is 1. The summed E-state index contributed by atoms with van der Waals surface area (Å²) in [5.74, 6) is 1.68. The van der Waals surface area contributed by atoms with Crippen molar-refractivity contribution in [3.05, 3.63) is 53.1 Å². The summed E-state index contributed by atoms with van der Waals surface area (Å²) in [5.41, 5.74) is 4.44. The first-order valence-electron chi connectivity index (χ1n) is 10.5. The molecular formula is C24H32N2O3. The van der Waals surface area contributed by atoms with Gasteiger partial charge in [-0.05, 0) is 61.6 Å². The Balaban J connectivity index is 1.78. The molecule has 0 aromatic heterocycles. The Labute approximate surface area is 174 Å². The van der Waals surface area contributed by atoms with Crippen molar-refractivity contribution in [2.75, 3.05) is 32.6 Å². The molecule has 2 aromatic carbocycles. The monoisotopic (exact) mass is 396 g/mol. The molecule has 0 bridgehead atoms. The van der Waals surface area contributed by atoms with Crippen LogP contribution in [0.15, 0.2) is 36.4 Å². The number of nitrogens with one attached hydrogen (secondary N) is 1. The lowest BCUT2D eigenvalue weighted by Gasteiger charge is -2.26. The van der Waals surface area contributed by atoms with Crippen LogP contribution in [0.25, 0.3) is 0 Å². The second-order valence-electron chi connectivity index (χ2n) is 7.44. The fraction of sp³-hybridized carbons (Fsp3) is 0.458. The minimum Gasteiger partial charge on any atom is -0.497 e. The summed E-state index contributed by atoms with van der Waals surface area (Å²) in [7, 11) is 3.35. The summed E-state index contributed by atoms with van der Waals surface area (Å²) < 4.78 is 11.0. The molecule has 1 amide bonds. The SMILES string of the molecule is CCc1cccc(CC)c1NC(=O)CN1CCC[C@@H]1c1cc(OC)ccc1OC. The molecule has 1 aliphatic heterocycles. The Morgan fingerprint density at radius 3 is 2.45 bits per heavy atom. The summed E-state index contributed by atoms with van der Waals surface area (Å²) in [6.45, 7) is 5.51. The standard InChI is InChI=1S/C24H32N2O3/c1-5-17-9-7-10-18(6-2)24(17)25-23(27)16-26-14-8-11-21(26)20-15-19(28-3)12-13-22(20)29-4/h7,9-10,12-13,15,21H,5-6,8,11,14,16H2,1-4H3,(H,25,27)/t21-/m1/s1. The molecule has 1 fully saturated rings. The highest BCUT2D eigenvalue weighted by atomic mass is 16.5. The van der Waals surface area contributed by atoms with Gasteiger partial charge in [-0.25, -0.2) is 0 Å². The molecule has 1 N–H and O–H groups in total. The molecule has 0 unspecified atom stereocenters. The Morgan fingerprint density at radius 1 is 1.10 bits per heavy atom. The van der Waals surface area contributed by atoms with Gasteiger partial charge in [0.25, 0.3) is 0 Å². The highest BCUT2D eigenvalue weighted by molar-refractivity contribution is 5.94. The molecule has 1 aliphatic rings. The van der Waals surface area contributed by atoms with E-state index in [9.17, 15) is 4.79 Å². The van der Waals surface area contributed by atoms with Crippen LogP contribution in [-0.2, 0) is 17.6 Å². The molecule has 3 rings (SSSR count). The van der Waals surface area contributed by atoms with E-state index in [1.54, 1.807) is 14.2 Å². The lowest BCUT2D eigenvalue weighted by molar-refractivity contribution is -0.117. The number of carbonyl (C=O) groups is 1. The third-order valence-corrected chi connectivity index (χ3v) is 5.77. The Morgan fingerprint density at radius 2 is 1.83 bits per heavy atom. The maximum absolute atomic E-state index is 13.0. The molecule has 1 atom stereocenters. The van der Waals surface area contributed by atoms with Gasteiger partial charge < -0.3 is 14.8 Å². The van der Waals surface area contributed by atoms with Crippen LogP contribution in [0.5, 0.6) is 11.5 Å². The van der Waals surface area contributed by atoms with Crippen molar-refractivity contribution >= 4 is 11.6 Å². The predicted octanol–water partition coefficient (Wildman–Crippen LogP) is 4.60. The largest absolute Gasteiger partial charge is 0.497 e. The van der Waals surface area contributed by atoms with Crippen LogP contribution < -0.4 is 14.8 Å². The average molecular weight is 397 g/mol. The predicted molar refractivity (Wildman–Crippen MR) is 117 cm³/mol. The van der Waals surface area contributed by atoms with Gasteiger partial charge in [-0.3, -0.25) is 9.69 Å². The molecule has 1 saturated heterocycles. The number of hydrogen-bond acceptors (Lipinski definition) is 4. The fourth-order valence-electron chi connectivity index (χ4n) is 4.23. The second kappa shape index (κ2) is 9.79. The van der Waals surface area contributed by atoms with Gasteiger partial charge in [0.15, 0.2) is 0 Å². The average Bonchev–Trinajstić information content (AvgIpc) is 3.20. The fourth-order valence-corrected chi connectivity index (χ4v) is 4.23. The van der Waals surface area contributed by atoms with Crippen LogP contribution in [-0.4, -0.2) is 38.1 Å². The van der Waals surface area contributed by atoms with Crippen LogP contribution in [0.3, 0.4) is 0 Å². The number of methoxy groups -OCH3 is 2. The van der Waals surface area contributed by atoms with E-state index in [1.165, 1.54) is 11.1 Å². The van der Waals surface area contributed by atoms with Crippen molar-refractivity contribution in [3.8, 4) is 11.5 Å². The van der Waals surface area contributed by atoms with E-state index in [0.29, 0.717) is 6.54 Å². The molecule has 0 spiro atoms. The number of aryl methyl sites for hydroxylation is 2. The van der Waals surface area contributed by atoms with Gasteiger partial charge in [0.05, 0.1) is 20.8 Å². The molecule has 2 aromatic rings. The number of nitrogens with zero attached hydrogens (tertiary/aromatic N) is 1. The Kier molecular flexibility index (Phi) is 7.15. The van der Waals surface area contributed by atoms with Crippen molar-refractivity contribution < 1.29 is 14.3 Å².